The van der Waals surface area contributed by atoms with E-state index in [1.54, 1.807) is 0 Å². The maximum Gasteiger partial charge on any atom is 0.253 e. The average Bonchev–Trinajstić information content (AvgIpc) is 2.62. The van der Waals surface area contributed by atoms with E-state index in [4.69, 9.17) is 0 Å². The normalized spacial score (nSPS) is 27.6. The number of hydrogen-bond acceptors (Lipinski definition) is 3. The van der Waals surface area contributed by atoms with Gasteiger partial charge in [-0.2, -0.15) is 0 Å². The fourth-order valence-corrected chi connectivity index (χ4v) is 4.51. The fraction of sp³-hybridized carbons (Fsp3) is 0.636. The third kappa shape index (κ3) is 5.48. The van der Waals surface area contributed by atoms with Crippen molar-refractivity contribution in [2.45, 2.75) is 53.0 Å². The molecule has 2 heterocycles. The van der Waals surface area contributed by atoms with Crippen LogP contribution in [0, 0.1) is 24.7 Å². The van der Waals surface area contributed by atoms with Crippen LogP contribution in [0.5, 0.6) is 0 Å². The van der Waals surface area contributed by atoms with Crippen LogP contribution >= 0.6 is 12.4 Å². The highest BCUT2D eigenvalue weighted by Gasteiger charge is 2.27. The lowest BCUT2D eigenvalue weighted by molar-refractivity contribution is -0.120. The van der Waals surface area contributed by atoms with Gasteiger partial charge in [-0.05, 0) is 69.2 Å². The monoisotopic (exact) mass is 407 g/mol. The number of nitrogens with one attached hydrogen (secondary N) is 2. The highest BCUT2D eigenvalue weighted by molar-refractivity contribution is 5.98. The Labute approximate surface area is 175 Å². The molecule has 2 aliphatic rings. The van der Waals surface area contributed by atoms with Gasteiger partial charge in [0.15, 0.2) is 0 Å². The molecule has 6 heteroatoms. The van der Waals surface area contributed by atoms with Gasteiger partial charge in [-0.25, -0.2) is 0 Å². The lowest BCUT2D eigenvalue weighted by atomic mass is 9.91. The molecule has 2 aliphatic heterocycles. The number of likely N-dealkylation sites (tertiary alicyclic amines) is 1. The van der Waals surface area contributed by atoms with Crippen LogP contribution in [0.4, 0.5) is 5.69 Å². The number of anilines is 1. The van der Waals surface area contributed by atoms with E-state index in [2.05, 4.69) is 31.4 Å². The first-order chi connectivity index (χ1) is 12.8. The van der Waals surface area contributed by atoms with Gasteiger partial charge >= 0.3 is 0 Å². The summed E-state index contributed by atoms with van der Waals surface area (Å²) in [5.74, 6) is 1.23. The summed E-state index contributed by atoms with van der Waals surface area (Å²) in [6.45, 7) is 11.0. The largest absolute Gasteiger partial charge is 0.338 e. The van der Waals surface area contributed by atoms with Crippen LogP contribution in [0.2, 0.25) is 0 Å². The van der Waals surface area contributed by atoms with Gasteiger partial charge in [0.2, 0.25) is 5.91 Å². The van der Waals surface area contributed by atoms with Crippen LogP contribution in [-0.4, -0.2) is 42.4 Å². The zero-order valence-electron chi connectivity index (χ0n) is 17.5. The van der Waals surface area contributed by atoms with Crippen LogP contribution in [-0.2, 0) is 4.79 Å². The SMILES string of the molecule is Cc1ccc(C(=O)N2CC(C)CC(C)C2)cc1NC(=O)[C@H]1CCN[C@@H](C)C1.Cl. The maximum absolute atomic E-state index is 13.0. The summed E-state index contributed by atoms with van der Waals surface area (Å²) < 4.78 is 0. The second-order valence-corrected chi connectivity index (χ2v) is 8.75. The van der Waals surface area contributed by atoms with E-state index in [9.17, 15) is 9.59 Å². The molecule has 0 saturated carbocycles. The average molecular weight is 408 g/mol. The molecule has 5 nitrogen and oxygen atoms in total. The number of nitrogens with zero attached hydrogens (tertiary/aromatic N) is 1. The predicted octanol–water partition coefficient (Wildman–Crippen LogP) is 3.86. The van der Waals surface area contributed by atoms with Gasteiger partial charge < -0.3 is 15.5 Å². The number of benzene rings is 1. The number of halogens is 1. The number of aryl methyl sites for hydroxylation is 1. The van der Waals surface area contributed by atoms with Gasteiger partial charge in [-0.3, -0.25) is 9.59 Å². The van der Waals surface area contributed by atoms with Crippen molar-refractivity contribution in [1.82, 2.24) is 10.2 Å². The molecule has 4 atom stereocenters. The van der Waals surface area contributed by atoms with Crippen molar-refractivity contribution in [3.8, 4) is 0 Å². The molecule has 0 spiro atoms. The van der Waals surface area contributed by atoms with E-state index in [-0.39, 0.29) is 30.1 Å². The molecule has 2 unspecified atom stereocenters. The highest BCUT2D eigenvalue weighted by atomic mass is 35.5. The van der Waals surface area contributed by atoms with E-state index in [1.807, 2.05) is 30.0 Å². The molecule has 1 aromatic rings. The molecule has 2 saturated heterocycles. The van der Waals surface area contributed by atoms with Crippen molar-refractivity contribution in [1.29, 1.82) is 0 Å². The number of piperidine rings is 2. The van der Waals surface area contributed by atoms with Gasteiger partial charge in [0, 0.05) is 36.3 Å². The van der Waals surface area contributed by atoms with E-state index in [0.29, 0.717) is 23.4 Å². The first-order valence-corrected chi connectivity index (χ1v) is 10.3. The predicted molar refractivity (Wildman–Crippen MR) is 116 cm³/mol. The molecular formula is C22H34ClN3O2. The van der Waals surface area contributed by atoms with E-state index in [1.165, 1.54) is 6.42 Å². The van der Waals surface area contributed by atoms with Gasteiger partial charge in [-0.1, -0.05) is 19.9 Å². The zero-order valence-corrected chi connectivity index (χ0v) is 18.3. The molecule has 2 N–H and O–H groups in total. The second-order valence-electron chi connectivity index (χ2n) is 8.75. The third-order valence-electron chi connectivity index (χ3n) is 5.89. The van der Waals surface area contributed by atoms with Gasteiger partial charge in [0.1, 0.15) is 0 Å². The molecule has 1 aromatic carbocycles. The van der Waals surface area contributed by atoms with Crippen LogP contribution in [0.1, 0.15) is 56.0 Å². The first-order valence-electron chi connectivity index (χ1n) is 10.3. The van der Waals surface area contributed by atoms with Crippen molar-refractivity contribution in [2.75, 3.05) is 25.0 Å². The minimum Gasteiger partial charge on any atom is -0.338 e. The summed E-state index contributed by atoms with van der Waals surface area (Å²) in [5.41, 5.74) is 2.41. The Morgan fingerprint density at radius 1 is 1.11 bits per heavy atom. The van der Waals surface area contributed by atoms with Crippen LogP contribution in [0.25, 0.3) is 0 Å². The molecule has 3 rings (SSSR count). The number of carbonyl (C=O) groups excluding carboxylic acids is 2. The smallest absolute Gasteiger partial charge is 0.253 e. The summed E-state index contributed by atoms with van der Waals surface area (Å²) in [6, 6.07) is 6.03. The van der Waals surface area contributed by atoms with Gasteiger partial charge in [0.25, 0.3) is 5.91 Å². The van der Waals surface area contributed by atoms with Gasteiger partial charge in [-0.15, -0.1) is 12.4 Å². The Morgan fingerprint density at radius 2 is 1.79 bits per heavy atom. The number of rotatable bonds is 3. The minimum absolute atomic E-state index is 0. The van der Waals surface area contributed by atoms with Crippen molar-refractivity contribution in [2.24, 2.45) is 17.8 Å². The summed E-state index contributed by atoms with van der Waals surface area (Å²) in [4.78, 5) is 27.7. The first kappa shape index (κ1) is 22.7. The molecule has 0 aliphatic carbocycles. The molecule has 0 radical (unpaired) electrons. The Hall–Kier alpha value is -1.59. The Morgan fingerprint density at radius 3 is 2.43 bits per heavy atom. The number of amides is 2. The topological polar surface area (TPSA) is 61.4 Å². The number of hydrogen-bond donors (Lipinski definition) is 2. The molecular weight excluding hydrogens is 374 g/mol. The summed E-state index contributed by atoms with van der Waals surface area (Å²) in [6.07, 6.45) is 2.89. The third-order valence-corrected chi connectivity index (χ3v) is 5.89. The fourth-order valence-electron chi connectivity index (χ4n) is 4.51. The Balaban J connectivity index is 0.00000280. The van der Waals surface area contributed by atoms with Crippen molar-refractivity contribution < 1.29 is 9.59 Å². The van der Waals surface area contributed by atoms with Crippen molar-refractivity contribution >= 4 is 29.9 Å². The molecule has 0 aromatic heterocycles. The lowest BCUT2D eigenvalue weighted by Crippen LogP contribution is -2.42. The quantitative estimate of drug-likeness (QED) is 0.799. The molecule has 28 heavy (non-hydrogen) atoms. The standard InChI is InChI=1S/C22H33N3O2.ClH/c1-14-9-15(2)13-25(12-14)22(27)19-6-5-16(3)20(11-19)24-21(26)18-7-8-23-17(4)10-18;/h5-6,11,14-15,17-18,23H,7-10,12-13H2,1-4H3,(H,24,26);1H/t14?,15?,17-,18-;/m0./s1. The second kappa shape index (κ2) is 9.75. The summed E-state index contributed by atoms with van der Waals surface area (Å²) in [7, 11) is 0. The summed E-state index contributed by atoms with van der Waals surface area (Å²) in [5, 5.41) is 6.46. The minimum atomic E-state index is 0. The number of carbonyl (C=O) groups is 2. The van der Waals surface area contributed by atoms with Crippen molar-refractivity contribution in [3.63, 3.8) is 0 Å². The van der Waals surface area contributed by atoms with Crippen LogP contribution < -0.4 is 10.6 Å². The zero-order chi connectivity index (χ0) is 19.6. The van der Waals surface area contributed by atoms with E-state index >= 15 is 0 Å². The van der Waals surface area contributed by atoms with E-state index in [0.717, 1.165) is 43.7 Å². The Kier molecular flexibility index (Phi) is 7.90. The Bertz CT molecular complexity index is 699. The van der Waals surface area contributed by atoms with Crippen molar-refractivity contribution in [3.05, 3.63) is 29.3 Å². The molecule has 0 bridgehead atoms. The van der Waals surface area contributed by atoms with Crippen LogP contribution in [0.15, 0.2) is 18.2 Å². The highest BCUT2D eigenvalue weighted by Crippen LogP contribution is 2.25. The molecule has 2 fully saturated rings. The summed E-state index contributed by atoms with van der Waals surface area (Å²) >= 11 is 0. The van der Waals surface area contributed by atoms with Gasteiger partial charge in [0.05, 0.1) is 0 Å². The molecule has 2 amide bonds. The lowest BCUT2D eigenvalue weighted by Gasteiger charge is -2.35. The van der Waals surface area contributed by atoms with Crippen LogP contribution in [0.3, 0.4) is 0 Å². The molecule has 156 valence electrons. The van der Waals surface area contributed by atoms with E-state index < -0.39 is 0 Å². The maximum atomic E-state index is 13.0.